The Labute approximate surface area is 110 Å². The van der Waals surface area contributed by atoms with Crippen molar-refractivity contribution in [1.82, 2.24) is 9.78 Å². The summed E-state index contributed by atoms with van der Waals surface area (Å²) in [4.78, 5) is 0. The number of hydrogen-bond donors (Lipinski definition) is 0. The van der Waals surface area contributed by atoms with E-state index in [1.54, 1.807) is 0 Å². The summed E-state index contributed by atoms with van der Waals surface area (Å²) in [7, 11) is 0. The number of aryl methyl sites for hydroxylation is 2. The molecule has 0 saturated carbocycles. The Morgan fingerprint density at radius 2 is 1.72 bits per heavy atom. The van der Waals surface area contributed by atoms with Crippen molar-refractivity contribution in [3.05, 3.63) is 41.7 Å². The zero-order chi connectivity index (χ0) is 13.1. The molecule has 2 nitrogen and oxygen atoms in total. The van der Waals surface area contributed by atoms with Gasteiger partial charge in [0.2, 0.25) is 0 Å². The first-order valence-electron chi connectivity index (χ1n) is 6.82. The molecule has 0 aliphatic carbocycles. The molecule has 0 amide bonds. The molecule has 0 fully saturated rings. The van der Waals surface area contributed by atoms with Crippen LogP contribution in [0.25, 0.3) is 11.1 Å². The van der Waals surface area contributed by atoms with Gasteiger partial charge in [-0.2, -0.15) is 5.10 Å². The third-order valence-corrected chi connectivity index (χ3v) is 3.42. The highest BCUT2D eigenvalue weighted by Crippen LogP contribution is 2.29. The Morgan fingerprint density at radius 3 is 2.17 bits per heavy atom. The van der Waals surface area contributed by atoms with Crippen molar-refractivity contribution in [3.63, 3.8) is 0 Å². The van der Waals surface area contributed by atoms with Crippen LogP contribution in [0, 0.1) is 0 Å². The van der Waals surface area contributed by atoms with E-state index in [0.717, 1.165) is 12.8 Å². The molecule has 0 aliphatic rings. The lowest BCUT2D eigenvalue weighted by molar-refractivity contribution is 0.532. The zero-order valence-electron chi connectivity index (χ0n) is 11.8. The van der Waals surface area contributed by atoms with Crippen LogP contribution in [0.3, 0.4) is 0 Å². The van der Waals surface area contributed by atoms with Crippen LogP contribution in [0.15, 0.2) is 30.6 Å². The summed E-state index contributed by atoms with van der Waals surface area (Å²) in [6, 6.07) is 7.02. The van der Waals surface area contributed by atoms with Gasteiger partial charge in [0.15, 0.2) is 0 Å². The van der Waals surface area contributed by atoms with E-state index in [1.807, 2.05) is 10.9 Å². The number of rotatable bonds is 4. The first-order chi connectivity index (χ1) is 8.67. The summed E-state index contributed by atoms with van der Waals surface area (Å²) < 4.78 is 2.03. The quantitative estimate of drug-likeness (QED) is 0.783. The van der Waals surface area contributed by atoms with Gasteiger partial charge < -0.3 is 0 Å². The summed E-state index contributed by atoms with van der Waals surface area (Å²) in [6.45, 7) is 8.74. The zero-order valence-corrected chi connectivity index (χ0v) is 11.8. The standard InChI is InChI=1S/C16H22N2/c1-5-13-8-7-9-14(6-2)16(13)15-10-17-18(11-15)12(3)4/h7-12H,5-6H2,1-4H3. The molecule has 2 heteroatoms. The fourth-order valence-corrected chi connectivity index (χ4v) is 2.36. The molecule has 0 aliphatic heterocycles. The third kappa shape index (κ3) is 2.33. The van der Waals surface area contributed by atoms with Gasteiger partial charge in [-0.25, -0.2) is 0 Å². The summed E-state index contributed by atoms with van der Waals surface area (Å²) in [6.07, 6.45) is 6.29. The predicted octanol–water partition coefficient (Wildman–Crippen LogP) is 4.26. The molecular formula is C16H22N2. The molecule has 0 spiro atoms. The van der Waals surface area contributed by atoms with Gasteiger partial charge in [0.1, 0.15) is 0 Å². The second kappa shape index (κ2) is 5.38. The van der Waals surface area contributed by atoms with E-state index in [9.17, 15) is 0 Å². The Morgan fingerprint density at radius 1 is 1.11 bits per heavy atom. The van der Waals surface area contributed by atoms with E-state index in [4.69, 9.17) is 0 Å². The number of nitrogens with zero attached hydrogens (tertiary/aromatic N) is 2. The first-order valence-corrected chi connectivity index (χ1v) is 6.82. The molecule has 18 heavy (non-hydrogen) atoms. The van der Waals surface area contributed by atoms with Crippen LogP contribution in [0.4, 0.5) is 0 Å². The van der Waals surface area contributed by atoms with Crippen molar-refractivity contribution in [2.24, 2.45) is 0 Å². The minimum absolute atomic E-state index is 0.414. The third-order valence-electron chi connectivity index (χ3n) is 3.42. The molecule has 1 heterocycles. The van der Waals surface area contributed by atoms with E-state index in [1.165, 1.54) is 22.3 Å². The maximum absolute atomic E-state index is 4.46. The Balaban J connectivity index is 2.54. The number of benzene rings is 1. The van der Waals surface area contributed by atoms with Crippen molar-refractivity contribution in [1.29, 1.82) is 0 Å². The highest BCUT2D eigenvalue weighted by molar-refractivity contribution is 5.70. The number of hydrogen-bond acceptors (Lipinski definition) is 1. The fourth-order valence-electron chi connectivity index (χ4n) is 2.36. The first kappa shape index (κ1) is 12.9. The average Bonchev–Trinajstić information content (AvgIpc) is 2.87. The fraction of sp³-hybridized carbons (Fsp3) is 0.438. The largest absolute Gasteiger partial charge is 0.270 e. The summed E-state index contributed by atoms with van der Waals surface area (Å²) in [5.74, 6) is 0. The van der Waals surface area contributed by atoms with Crippen LogP contribution in [0.2, 0.25) is 0 Å². The Hall–Kier alpha value is -1.57. The van der Waals surface area contributed by atoms with Crippen LogP contribution < -0.4 is 0 Å². The molecule has 1 aromatic heterocycles. The molecule has 0 saturated heterocycles. The lowest BCUT2D eigenvalue weighted by atomic mass is 9.94. The van der Waals surface area contributed by atoms with Gasteiger partial charge in [-0.1, -0.05) is 32.0 Å². The van der Waals surface area contributed by atoms with Gasteiger partial charge in [-0.05, 0) is 43.4 Å². The Bertz CT molecular complexity index is 501. The van der Waals surface area contributed by atoms with Gasteiger partial charge in [-0.15, -0.1) is 0 Å². The van der Waals surface area contributed by atoms with Crippen molar-refractivity contribution in [2.75, 3.05) is 0 Å². The van der Waals surface area contributed by atoms with E-state index >= 15 is 0 Å². The Kier molecular flexibility index (Phi) is 3.85. The van der Waals surface area contributed by atoms with E-state index in [2.05, 4.69) is 57.2 Å². The summed E-state index contributed by atoms with van der Waals surface area (Å²) >= 11 is 0. The smallest absolute Gasteiger partial charge is 0.0568 e. The van der Waals surface area contributed by atoms with Gasteiger partial charge in [0.25, 0.3) is 0 Å². The predicted molar refractivity (Wildman–Crippen MR) is 76.8 cm³/mol. The molecule has 2 aromatic rings. The van der Waals surface area contributed by atoms with Crippen molar-refractivity contribution < 1.29 is 0 Å². The summed E-state index contributed by atoms with van der Waals surface area (Å²) in [5, 5.41) is 4.46. The van der Waals surface area contributed by atoms with Crippen LogP contribution in [0.5, 0.6) is 0 Å². The highest BCUT2D eigenvalue weighted by Gasteiger charge is 2.11. The minimum atomic E-state index is 0.414. The molecule has 1 aromatic carbocycles. The van der Waals surface area contributed by atoms with E-state index < -0.39 is 0 Å². The minimum Gasteiger partial charge on any atom is -0.270 e. The van der Waals surface area contributed by atoms with Gasteiger partial charge in [0, 0.05) is 17.8 Å². The number of aromatic nitrogens is 2. The summed E-state index contributed by atoms with van der Waals surface area (Å²) in [5.41, 5.74) is 5.46. The normalized spacial score (nSPS) is 11.2. The van der Waals surface area contributed by atoms with E-state index in [-0.39, 0.29) is 0 Å². The van der Waals surface area contributed by atoms with Crippen LogP contribution >= 0.6 is 0 Å². The topological polar surface area (TPSA) is 17.8 Å². The van der Waals surface area contributed by atoms with Crippen LogP contribution in [-0.4, -0.2) is 9.78 Å². The highest BCUT2D eigenvalue weighted by atomic mass is 15.3. The van der Waals surface area contributed by atoms with Gasteiger partial charge >= 0.3 is 0 Å². The van der Waals surface area contributed by atoms with Crippen molar-refractivity contribution in [3.8, 4) is 11.1 Å². The maximum atomic E-state index is 4.46. The van der Waals surface area contributed by atoms with Crippen molar-refractivity contribution in [2.45, 2.75) is 46.6 Å². The van der Waals surface area contributed by atoms with Crippen molar-refractivity contribution >= 4 is 0 Å². The van der Waals surface area contributed by atoms with Crippen LogP contribution in [-0.2, 0) is 12.8 Å². The second-order valence-electron chi connectivity index (χ2n) is 4.96. The molecule has 0 N–H and O–H groups in total. The van der Waals surface area contributed by atoms with Gasteiger partial charge in [0.05, 0.1) is 6.20 Å². The lowest BCUT2D eigenvalue weighted by Crippen LogP contribution is -2.00. The lowest BCUT2D eigenvalue weighted by Gasteiger charge is -2.11. The molecule has 0 unspecified atom stereocenters. The average molecular weight is 242 g/mol. The maximum Gasteiger partial charge on any atom is 0.0568 e. The molecule has 2 rings (SSSR count). The second-order valence-corrected chi connectivity index (χ2v) is 4.96. The molecule has 0 atom stereocenters. The monoisotopic (exact) mass is 242 g/mol. The van der Waals surface area contributed by atoms with E-state index in [0.29, 0.717) is 6.04 Å². The molecule has 0 bridgehead atoms. The molecule has 0 radical (unpaired) electrons. The van der Waals surface area contributed by atoms with Crippen LogP contribution in [0.1, 0.15) is 44.9 Å². The molecule has 96 valence electrons. The van der Waals surface area contributed by atoms with Gasteiger partial charge in [-0.3, -0.25) is 4.68 Å². The SMILES string of the molecule is CCc1cccc(CC)c1-c1cnn(C(C)C)c1. The molecular weight excluding hydrogens is 220 g/mol.